The third kappa shape index (κ3) is 4.75. The van der Waals surface area contributed by atoms with Crippen molar-refractivity contribution in [2.75, 3.05) is 19.0 Å². The minimum atomic E-state index is -1.24. The van der Waals surface area contributed by atoms with Crippen LogP contribution in [0.1, 0.15) is 23.7 Å². The maximum absolute atomic E-state index is 13.1. The van der Waals surface area contributed by atoms with E-state index >= 15 is 0 Å². The maximum atomic E-state index is 13.1. The van der Waals surface area contributed by atoms with Crippen LogP contribution in [0.15, 0.2) is 23.1 Å². The van der Waals surface area contributed by atoms with Crippen LogP contribution in [0.2, 0.25) is 0 Å². The first-order valence-corrected chi connectivity index (χ1v) is 6.37. The summed E-state index contributed by atoms with van der Waals surface area (Å²) in [6.07, 6.45) is 0.887. The average Bonchev–Trinajstić information content (AvgIpc) is 2.30. The number of carboxylic acid groups (broad SMARTS) is 1. The van der Waals surface area contributed by atoms with E-state index in [1.807, 2.05) is 6.92 Å². The molecule has 1 aromatic carbocycles. The molecule has 1 aromatic rings. The third-order valence-corrected chi connectivity index (χ3v) is 3.15. The summed E-state index contributed by atoms with van der Waals surface area (Å²) in [5.74, 6) is -1.11. The molecule has 0 spiro atoms. The van der Waals surface area contributed by atoms with E-state index in [1.165, 1.54) is 23.9 Å². The van der Waals surface area contributed by atoms with Crippen molar-refractivity contribution >= 4 is 17.7 Å². The number of carbonyl (C=O) groups is 1. The van der Waals surface area contributed by atoms with Crippen LogP contribution in [0.5, 0.6) is 0 Å². The monoisotopic (exact) mass is 258 g/mol. The summed E-state index contributed by atoms with van der Waals surface area (Å²) >= 11 is 1.50. The van der Waals surface area contributed by atoms with Gasteiger partial charge in [-0.3, -0.25) is 0 Å². The lowest BCUT2D eigenvalue weighted by Crippen LogP contribution is -2.00. The van der Waals surface area contributed by atoms with Gasteiger partial charge in [-0.15, -0.1) is 11.8 Å². The molecular weight excluding hydrogens is 243 g/mol. The Labute approximate surface area is 104 Å². The molecule has 0 aromatic heterocycles. The molecule has 0 amide bonds. The number of hydrogen-bond acceptors (Lipinski definition) is 3. The molecule has 5 heteroatoms. The highest BCUT2D eigenvalue weighted by molar-refractivity contribution is 7.99. The van der Waals surface area contributed by atoms with Crippen LogP contribution in [-0.4, -0.2) is 30.0 Å². The second-order valence-electron chi connectivity index (χ2n) is 3.35. The first kappa shape index (κ1) is 14.0. The van der Waals surface area contributed by atoms with E-state index in [1.54, 1.807) is 6.07 Å². The number of benzene rings is 1. The zero-order chi connectivity index (χ0) is 12.7. The lowest BCUT2D eigenvalue weighted by atomic mass is 10.2. The number of carboxylic acids is 1. The van der Waals surface area contributed by atoms with Gasteiger partial charge in [0.05, 0.1) is 5.56 Å². The molecule has 0 heterocycles. The van der Waals surface area contributed by atoms with Crippen LogP contribution >= 0.6 is 11.8 Å². The highest BCUT2D eigenvalue weighted by Crippen LogP contribution is 2.21. The fourth-order valence-electron chi connectivity index (χ4n) is 1.25. The Morgan fingerprint density at radius 2 is 2.29 bits per heavy atom. The molecule has 1 rings (SSSR count). The number of rotatable bonds is 7. The van der Waals surface area contributed by atoms with Crippen LogP contribution in [-0.2, 0) is 4.74 Å². The SMILES string of the molecule is CCOCCCSc1ccc(F)c(C(=O)O)c1. The van der Waals surface area contributed by atoms with Crippen LogP contribution < -0.4 is 0 Å². The van der Waals surface area contributed by atoms with Gasteiger partial charge in [0.1, 0.15) is 5.82 Å². The summed E-state index contributed by atoms with van der Waals surface area (Å²) in [6, 6.07) is 4.14. The summed E-state index contributed by atoms with van der Waals surface area (Å²) in [6.45, 7) is 3.33. The molecule has 3 nitrogen and oxygen atoms in total. The number of thioether (sulfide) groups is 1. The summed E-state index contributed by atoms with van der Waals surface area (Å²) in [5.41, 5.74) is -0.278. The normalized spacial score (nSPS) is 10.5. The topological polar surface area (TPSA) is 46.5 Å². The smallest absolute Gasteiger partial charge is 0.338 e. The van der Waals surface area contributed by atoms with Gasteiger partial charge in [-0.05, 0) is 31.5 Å². The van der Waals surface area contributed by atoms with E-state index < -0.39 is 11.8 Å². The molecule has 0 bridgehead atoms. The number of ether oxygens (including phenoxy) is 1. The van der Waals surface area contributed by atoms with E-state index in [9.17, 15) is 9.18 Å². The first-order valence-electron chi connectivity index (χ1n) is 5.38. The summed E-state index contributed by atoms with van der Waals surface area (Å²) in [5, 5.41) is 8.76. The largest absolute Gasteiger partial charge is 0.478 e. The lowest BCUT2D eigenvalue weighted by Gasteiger charge is -2.04. The van der Waals surface area contributed by atoms with Crippen LogP contribution in [0.4, 0.5) is 4.39 Å². The summed E-state index contributed by atoms with van der Waals surface area (Å²) in [7, 11) is 0. The zero-order valence-corrected chi connectivity index (χ0v) is 10.4. The van der Waals surface area contributed by atoms with E-state index in [0.717, 1.165) is 17.1 Å². The Hall–Kier alpha value is -1.07. The maximum Gasteiger partial charge on any atom is 0.338 e. The molecule has 0 fully saturated rings. The van der Waals surface area contributed by atoms with Crippen LogP contribution in [0, 0.1) is 5.82 Å². The van der Waals surface area contributed by atoms with Crippen LogP contribution in [0.3, 0.4) is 0 Å². The van der Waals surface area contributed by atoms with Crippen molar-refractivity contribution in [1.29, 1.82) is 0 Å². The fourth-order valence-corrected chi connectivity index (χ4v) is 2.12. The Morgan fingerprint density at radius 1 is 1.53 bits per heavy atom. The molecule has 1 N–H and O–H groups in total. The second kappa shape index (κ2) is 7.29. The predicted molar refractivity (Wildman–Crippen MR) is 65.2 cm³/mol. The number of aromatic carboxylic acids is 1. The molecule has 0 saturated carbocycles. The molecule has 0 aliphatic heterocycles. The third-order valence-electron chi connectivity index (χ3n) is 2.07. The van der Waals surface area contributed by atoms with Crippen LogP contribution in [0.25, 0.3) is 0 Å². The standard InChI is InChI=1S/C12H15FO3S/c1-2-16-6-3-7-17-9-4-5-11(13)10(8-9)12(14)15/h4-5,8H,2-3,6-7H2,1H3,(H,14,15). The van der Waals surface area contributed by atoms with E-state index in [4.69, 9.17) is 9.84 Å². The molecule has 0 unspecified atom stereocenters. The molecule has 0 aliphatic rings. The second-order valence-corrected chi connectivity index (χ2v) is 4.51. The fraction of sp³-hybridized carbons (Fsp3) is 0.417. The Bertz CT molecular complexity index is 382. The van der Waals surface area contributed by atoms with Gasteiger partial charge in [0.15, 0.2) is 0 Å². The lowest BCUT2D eigenvalue weighted by molar-refractivity contribution is 0.0691. The van der Waals surface area contributed by atoms with E-state index in [0.29, 0.717) is 13.2 Å². The highest BCUT2D eigenvalue weighted by Gasteiger charge is 2.10. The van der Waals surface area contributed by atoms with Gasteiger partial charge >= 0.3 is 5.97 Å². The van der Waals surface area contributed by atoms with E-state index in [-0.39, 0.29) is 5.56 Å². The minimum Gasteiger partial charge on any atom is -0.478 e. The summed E-state index contributed by atoms with van der Waals surface area (Å²) < 4.78 is 18.3. The van der Waals surface area contributed by atoms with Gasteiger partial charge in [-0.1, -0.05) is 0 Å². The predicted octanol–water partition coefficient (Wildman–Crippen LogP) is 3.04. The van der Waals surface area contributed by atoms with Crippen molar-refractivity contribution in [2.45, 2.75) is 18.2 Å². The van der Waals surface area contributed by atoms with Gasteiger partial charge in [-0.25, -0.2) is 9.18 Å². The van der Waals surface area contributed by atoms with Crippen molar-refractivity contribution in [3.05, 3.63) is 29.6 Å². The first-order chi connectivity index (χ1) is 8.15. The number of halogens is 1. The highest BCUT2D eigenvalue weighted by atomic mass is 32.2. The summed E-state index contributed by atoms with van der Waals surface area (Å²) in [4.78, 5) is 11.5. The Morgan fingerprint density at radius 3 is 2.94 bits per heavy atom. The number of hydrogen-bond donors (Lipinski definition) is 1. The molecular formula is C12H15FO3S. The molecule has 0 saturated heterocycles. The Balaban J connectivity index is 2.49. The van der Waals surface area contributed by atoms with Gasteiger partial charge in [0, 0.05) is 23.9 Å². The van der Waals surface area contributed by atoms with Crippen molar-refractivity contribution in [1.82, 2.24) is 0 Å². The van der Waals surface area contributed by atoms with Crippen molar-refractivity contribution in [3.8, 4) is 0 Å². The molecule has 17 heavy (non-hydrogen) atoms. The van der Waals surface area contributed by atoms with Crippen molar-refractivity contribution < 1.29 is 19.0 Å². The Kier molecular flexibility index (Phi) is 6.00. The van der Waals surface area contributed by atoms with Gasteiger partial charge in [0.25, 0.3) is 0 Å². The minimum absolute atomic E-state index is 0.278. The van der Waals surface area contributed by atoms with Gasteiger partial charge < -0.3 is 9.84 Å². The van der Waals surface area contributed by atoms with Gasteiger partial charge in [-0.2, -0.15) is 0 Å². The van der Waals surface area contributed by atoms with E-state index in [2.05, 4.69) is 0 Å². The molecule has 0 atom stereocenters. The van der Waals surface area contributed by atoms with Crippen molar-refractivity contribution in [3.63, 3.8) is 0 Å². The molecule has 0 radical (unpaired) electrons. The van der Waals surface area contributed by atoms with Gasteiger partial charge in [0.2, 0.25) is 0 Å². The molecule has 94 valence electrons. The quantitative estimate of drug-likeness (QED) is 0.603. The van der Waals surface area contributed by atoms with Crippen molar-refractivity contribution in [2.24, 2.45) is 0 Å². The molecule has 0 aliphatic carbocycles. The average molecular weight is 258 g/mol. The zero-order valence-electron chi connectivity index (χ0n) is 9.61.